The van der Waals surface area contributed by atoms with Crippen LogP contribution >= 0.6 is 0 Å². The summed E-state index contributed by atoms with van der Waals surface area (Å²) in [5.74, 6) is -0.00205. The number of unbranched alkanes of at least 4 members (excludes halogenated alkanes) is 24. The van der Waals surface area contributed by atoms with E-state index in [1.807, 2.05) is 0 Å². The number of aliphatic hydroxyl groups is 1. The van der Waals surface area contributed by atoms with Crippen LogP contribution in [0.1, 0.15) is 258 Å². The van der Waals surface area contributed by atoms with Gasteiger partial charge >= 0.3 is 11.9 Å². The average molecular weight is 764 g/mol. The van der Waals surface area contributed by atoms with E-state index in [-0.39, 0.29) is 24.1 Å². The Bertz CT molecular complexity index is 805. The van der Waals surface area contributed by atoms with Crippen LogP contribution in [0.3, 0.4) is 0 Å². The third kappa shape index (κ3) is 31.0. The molecule has 1 N–H and O–H groups in total. The second-order valence-electron chi connectivity index (χ2n) is 17.1. The van der Waals surface area contributed by atoms with Crippen LogP contribution in [0.2, 0.25) is 0 Å². The number of hydrogen-bond donors (Lipinski definition) is 1. The molecule has 1 saturated carbocycles. The third-order valence-electron chi connectivity index (χ3n) is 11.9. The van der Waals surface area contributed by atoms with Crippen molar-refractivity contribution in [3.63, 3.8) is 0 Å². The van der Waals surface area contributed by atoms with Crippen LogP contribution in [-0.2, 0) is 19.1 Å². The minimum Gasteiger partial charge on any atom is -0.466 e. The molecular weight excluding hydrogens is 671 g/mol. The van der Waals surface area contributed by atoms with E-state index in [0.717, 1.165) is 103 Å². The van der Waals surface area contributed by atoms with Gasteiger partial charge in [-0.25, -0.2) is 0 Å². The van der Waals surface area contributed by atoms with Gasteiger partial charge in [0.05, 0.1) is 12.7 Å². The van der Waals surface area contributed by atoms with Gasteiger partial charge in [0.15, 0.2) is 0 Å². The molecule has 0 aliphatic heterocycles. The molecule has 1 aliphatic carbocycles. The molecule has 6 heteroatoms. The Kier molecular flexibility index (Phi) is 36.5. The second kappa shape index (κ2) is 38.7. The van der Waals surface area contributed by atoms with Crippen LogP contribution in [0, 0.1) is 0 Å². The summed E-state index contributed by atoms with van der Waals surface area (Å²) < 4.78 is 11.5. The molecule has 6 nitrogen and oxygen atoms in total. The van der Waals surface area contributed by atoms with Crippen LogP contribution in [0.15, 0.2) is 0 Å². The monoisotopic (exact) mass is 764 g/mol. The summed E-state index contributed by atoms with van der Waals surface area (Å²) >= 11 is 0. The van der Waals surface area contributed by atoms with Gasteiger partial charge in [-0.15, -0.1) is 0 Å². The number of carbonyl (C=O) groups is 2. The lowest BCUT2D eigenvalue weighted by Crippen LogP contribution is -2.46. The lowest BCUT2D eigenvalue weighted by atomic mass is 9.91. The Balaban J connectivity index is 2.25. The smallest absolute Gasteiger partial charge is 0.306 e. The summed E-state index contributed by atoms with van der Waals surface area (Å²) in [4.78, 5) is 27.5. The van der Waals surface area contributed by atoms with Gasteiger partial charge < -0.3 is 14.6 Å². The number of aliphatic hydroxyl groups excluding tert-OH is 1. The van der Waals surface area contributed by atoms with Crippen molar-refractivity contribution >= 4 is 11.9 Å². The number of nitrogens with zero attached hydrogens (tertiary/aromatic N) is 1. The summed E-state index contributed by atoms with van der Waals surface area (Å²) in [6.45, 7) is 9.49. The first kappa shape index (κ1) is 50.9. The van der Waals surface area contributed by atoms with Crippen molar-refractivity contribution in [2.24, 2.45) is 0 Å². The van der Waals surface area contributed by atoms with Crippen LogP contribution in [0.5, 0.6) is 0 Å². The van der Waals surface area contributed by atoms with Gasteiger partial charge in [0.1, 0.15) is 6.10 Å². The first-order valence-electron chi connectivity index (χ1n) is 24.3. The summed E-state index contributed by atoms with van der Waals surface area (Å²) in [7, 11) is 0. The van der Waals surface area contributed by atoms with Gasteiger partial charge in [0.2, 0.25) is 0 Å². The van der Waals surface area contributed by atoms with Gasteiger partial charge in [0, 0.05) is 18.9 Å². The van der Waals surface area contributed by atoms with Gasteiger partial charge in [-0.1, -0.05) is 175 Å². The normalized spacial score (nSPS) is 16.0. The Hall–Kier alpha value is -1.14. The second-order valence-corrected chi connectivity index (χ2v) is 17.1. The van der Waals surface area contributed by atoms with Gasteiger partial charge in [-0.2, -0.15) is 0 Å². The zero-order valence-electron chi connectivity index (χ0n) is 36.5. The van der Waals surface area contributed by atoms with E-state index >= 15 is 0 Å². The molecule has 2 atom stereocenters. The zero-order valence-corrected chi connectivity index (χ0v) is 36.5. The molecule has 1 aliphatic rings. The molecule has 0 aromatic rings. The molecule has 0 aromatic carbocycles. The van der Waals surface area contributed by atoms with E-state index in [2.05, 4.69) is 25.7 Å². The van der Waals surface area contributed by atoms with Gasteiger partial charge in [-0.05, 0) is 83.7 Å². The molecule has 0 spiro atoms. The largest absolute Gasteiger partial charge is 0.466 e. The maximum Gasteiger partial charge on any atom is 0.306 e. The Morgan fingerprint density at radius 3 is 1.43 bits per heavy atom. The van der Waals surface area contributed by atoms with Gasteiger partial charge in [0.25, 0.3) is 0 Å². The molecular formula is C48H93NO5. The fourth-order valence-electron chi connectivity index (χ4n) is 8.32. The minimum atomic E-state index is -0.192. The van der Waals surface area contributed by atoms with E-state index in [9.17, 15) is 14.7 Å². The van der Waals surface area contributed by atoms with Crippen LogP contribution in [0.25, 0.3) is 0 Å². The molecule has 2 unspecified atom stereocenters. The minimum absolute atomic E-state index is 0.0214. The average Bonchev–Trinajstić information content (AvgIpc) is 3.17. The fourth-order valence-corrected chi connectivity index (χ4v) is 8.32. The van der Waals surface area contributed by atoms with Crippen LogP contribution < -0.4 is 0 Å². The molecule has 1 rings (SSSR count). The Morgan fingerprint density at radius 1 is 0.519 bits per heavy atom. The highest BCUT2D eigenvalue weighted by atomic mass is 16.5. The molecule has 320 valence electrons. The fraction of sp³-hybridized carbons (Fsp3) is 0.958. The van der Waals surface area contributed by atoms with E-state index in [0.29, 0.717) is 25.5 Å². The molecule has 0 bridgehead atoms. The first-order valence-corrected chi connectivity index (χ1v) is 24.3. The highest BCUT2D eigenvalue weighted by molar-refractivity contribution is 5.69. The number of hydrogen-bond acceptors (Lipinski definition) is 6. The lowest BCUT2D eigenvalue weighted by molar-refractivity contribution is -0.150. The third-order valence-corrected chi connectivity index (χ3v) is 11.9. The molecule has 0 heterocycles. The number of ether oxygens (including phenoxy) is 2. The molecule has 1 fully saturated rings. The molecule has 0 radical (unpaired) electrons. The number of esters is 2. The summed E-state index contributed by atoms with van der Waals surface area (Å²) in [5, 5.41) is 10.8. The predicted molar refractivity (Wildman–Crippen MR) is 230 cm³/mol. The maximum absolute atomic E-state index is 12.8. The molecule has 0 saturated heterocycles. The molecule has 0 amide bonds. The predicted octanol–water partition coefficient (Wildman–Crippen LogP) is 14.0. The zero-order chi connectivity index (χ0) is 39.2. The van der Waals surface area contributed by atoms with Crippen molar-refractivity contribution in [2.75, 3.05) is 19.7 Å². The highest BCUT2D eigenvalue weighted by Crippen LogP contribution is 2.25. The van der Waals surface area contributed by atoms with Crippen LogP contribution in [0.4, 0.5) is 0 Å². The SMILES string of the molecule is CCCCCCCCCOC(=O)CCCCCCCN(CCCCCCCC(=O)OC(CCCCCCCC)CCCCCCCC)C1CCCCC1O. The number of carbonyl (C=O) groups excluding carboxylic acids is 2. The van der Waals surface area contributed by atoms with E-state index < -0.39 is 0 Å². The van der Waals surface area contributed by atoms with E-state index in [4.69, 9.17) is 9.47 Å². The van der Waals surface area contributed by atoms with Crippen molar-refractivity contribution in [1.82, 2.24) is 4.90 Å². The summed E-state index contributed by atoms with van der Waals surface area (Å²) in [5.41, 5.74) is 0. The standard InChI is InChI=1S/C48H93NO5/c1-4-7-10-13-16-25-34-43-53-47(51)39-28-21-17-23-32-41-49(45-37-30-31-38-46(45)50)42-33-24-18-22-29-40-48(52)54-44(35-26-19-14-11-8-5-2)36-27-20-15-12-9-6-3/h44-46,50H,4-43H2,1-3H3. The van der Waals surface area contributed by atoms with Crippen molar-refractivity contribution < 1.29 is 24.2 Å². The van der Waals surface area contributed by atoms with Crippen molar-refractivity contribution in [2.45, 2.75) is 277 Å². The van der Waals surface area contributed by atoms with Crippen LogP contribution in [-0.4, -0.2) is 59.9 Å². The summed E-state index contributed by atoms with van der Waals surface area (Å²) in [6, 6.07) is 0.306. The van der Waals surface area contributed by atoms with Crippen molar-refractivity contribution in [3.8, 4) is 0 Å². The first-order chi connectivity index (χ1) is 26.5. The van der Waals surface area contributed by atoms with Crippen molar-refractivity contribution in [1.29, 1.82) is 0 Å². The molecule has 0 aromatic heterocycles. The topological polar surface area (TPSA) is 76.1 Å². The van der Waals surface area contributed by atoms with Crippen molar-refractivity contribution in [3.05, 3.63) is 0 Å². The maximum atomic E-state index is 12.8. The lowest BCUT2D eigenvalue weighted by Gasteiger charge is -2.38. The Labute approximate surface area is 336 Å². The van der Waals surface area contributed by atoms with E-state index in [1.54, 1.807) is 0 Å². The Morgan fingerprint density at radius 2 is 0.926 bits per heavy atom. The summed E-state index contributed by atoms with van der Waals surface area (Å²) in [6.07, 6.45) is 42.7. The highest BCUT2D eigenvalue weighted by Gasteiger charge is 2.28. The molecule has 54 heavy (non-hydrogen) atoms. The quantitative estimate of drug-likeness (QED) is 0.0495. The van der Waals surface area contributed by atoms with E-state index in [1.165, 1.54) is 135 Å². The number of rotatable bonds is 40. The van der Waals surface area contributed by atoms with Gasteiger partial charge in [-0.3, -0.25) is 14.5 Å².